The number of piperidine rings is 1. The first-order chi connectivity index (χ1) is 18.3. The Balaban J connectivity index is 1.14. The lowest BCUT2D eigenvalue weighted by Crippen LogP contribution is -2.38. The molecular weight excluding hydrogens is 503 g/mol. The van der Waals surface area contributed by atoms with E-state index in [1.54, 1.807) is 14.2 Å². The summed E-state index contributed by atoms with van der Waals surface area (Å²) in [7, 11) is 5.29. The fraction of sp³-hybridized carbons (Fsp3) is 0.440. The van der Waals surface area contributed by atoms with Crippen LogP contribution >= 0.6 is 0 Å². The van der Waals surface area contributed by atoms with Crippen molar-refractivity contribution in [3.63, 3.8) is 0 Å². The fourth-order valence-corrected chi connectivity index (χ4v) is 4.73. The van der Waals surface area contributed by atoms with E-state index in [4.69, 9.17) is 9.47 Å². The van der Waals surface area contributed by atoms with Crippen LogP contribution in [0.4, 0.5) is 19.1 Å². The van der Waals surface area contributed by atoms with Gasteiger partial charge in [-0.2, -0.15) is 18.2 Å². The van der Waals surface area contributed by atoms with Crippen LogP contribution in [0.2, 0.25) is 0 Å². The number of anilines is 1. The number of hydrogen-bond donors (Lipinski definition) is 1. The monoisotopic (exact) mass is 531 g/mol. The Morgan fingerprint density at radius 1 is 1.08 bits per heavy atom. The summed E-state index contributed by atoms with van der Waals surface area (Å²) in [6.45, 7) is 3.20. The van der Waals surface area contributed by atoms with E-state index in [1.807, 2.05) is 19.2 Å². The van der Waals surface area contributed by atoms with E-state index in [1.165, 1.54) is 18.0 Å². The van der Waals surface area contributed by atoms with Crippen molar-refractivity contribution in [2.24, 2.45) is 13.0 Å². The zero-order valence-electron chi connectivity index (χ0n) is 21.2. The molecule has 1 saturated heterocycles. The lowest BCUT2D eigenvalue weighted by Gasteiger charge is -2.32. The molecule has 1 aliphatic heterocycles. The van der Waals surface area contributed by atoms with Crippen molar-refractivity contribution in [3.05, 3.63) is 42.2 Å². The second kappa shape index (κ2) is 10.5. The van der Waals surface area contributed by atoms with Gasteiger partial charge in [-0.15, -0.1) is 0 Å². The molecule has 1 aliphatic rings. The molecule has 1 fully saturated rings. The number of fused-ring (bicyclic) bond motifs is 1. The zero-order chi connectivity index (χ0) is 26.9. The molecule has 5 rings (SSSR count). The molecule has 3 aromatic heterocycles. The Bertz CT molecular complexity index is 1390. The third kappa shape index (κ3) is 5.23. The summed E-state index contributed by atoms with van der Waals surface area (Å²) in [5.41, 5.74) is 2.54. The molecule has 0 atom stereocenters. The van der Waals surface area contributed by atoms with Crippen LogP contribution in [0, 0.1) is 5.92 Å². The third-order valence-electron chi connectivity index (χ3n) is 6.79. The molecule has 10 nitrogen and oxygen atoms in total. The summed E-state index contributed by atoms with van der Waals surface area (Å²) in [5.74, 6) is 0.857. The van der Waals surface area contributed by atoms with Crippen LogP contribution in [0.1, 0.15) is 24.3 Å². The second-order valence-corrected chi connectivity index (χ2v) is 9.24. The largest absolute Gasteiger partial charge is 0.493 e. The maximum absolute atomic E-state index is 12.7. The van der Waals surface area contributed by atoms with Gasteiger partial charge in [-0.25, -0.2) is 9.97 Å². The zero-order valence-corrected chi connectivity index (χ0v) is 21.2. The van der Waals surface area contributed by atoms with E-state index in [-0.39, 0.29) is 11.4 Å². The number of aryl methyl sites for hydroxylation is 1. The van der Waals surface area contributed by atoms with Gasteiger partial charge in [0.15, 0.2) is 11.5 Å². The average molecular weight is 532 g/mol. The molecule has 0 saturated carbocycles. The lowest BCUT2D eigenvalue weighted by molar-refractivity contribution is -0.159. The van der Waals surface area contributed by atoms with Gasteiger partial charge in [0.05, 0.1) is 25.3 Å². The number of aromatic nitrogens is 5. The number of halogens is 3. The molecule has 4 heterocycles. The summed E-state index contributed by atoms with van der Waals surface area (Å²) in [5, 5.41) is 8.10. The van der Waals surface area contributed by atoms with E-state index in [2.05, 4.69) is 45.6 Å². The topological polar surface area (TPSA) is 103 Å². The van der Waals surface area contributed by atoms with Crippen LogP contribution in [-0.4, -0.2) is 58.5 Å². The normalized spacial score (nSPS) is 14.8. The minimum atomic E-state index is -4.69. The number of methoxy groups -OCH3 is 2. The summed E-state index contributed by atoms with van der Waals surface area (Å²) in [6, 6.07) is 4.01. The number of hydrogen-bond acceptors (Lipinski definition) is 9. The van der Waals surface area contributed by atoms with Gasteiger partial charge in [0, 0.05) is 56.7 Å². The van der Waals surface area contributed by atoms with Crippen molar-refractivity contribution in [2.45, 2.75) is 25.6 Å². The Morgan fingerprint density at radius 3 is 2.39 bits per heavy atom. The number of nitrogens with zero attached hydrogens (tertiary/aromatic N) is 6. The molecule has 0 spiro atoms. The molecule has 0 aliphatic carbocycles. The highest BCUT2D eigenvalue weighted by Gasteiger charge is 2.38. The molecule has 0 unspecified atom stereocenters. The van der Waals surface area contributed by atoms with Gasteiger partial charge in [-0.1, -0.05) is 5.16 Å². The van der Waals surface area contributed by atoms with Gasteiger partial charge in [-0.05, 0) is 36.9 Å². The summed E-state index contributed by atoms with van der Waals surface area (Å²) in [4.78, 5) is 14.1. The first-order valence-corrected chi connectivity index (χ1v) is 12.2. The maximum Gasteiger partial charge on any atom is 0.471 e. The molecule has 13 heteroatoms. The smallest absolute Gasteiger partial charge is 0.471 e. The Hall–Kier alpha value is -3.87. The van der Waals surface area contributed by atoms with Crippen LogP contribution < -0.4 is 19.7 Å². The van der Waals surface area contributed by atoms with Crippen LogP contribution in [0.15, 0.2) is 35.2 Å². The van der Waals surface area contributed by atoms with Crippen LogP contribution in [0.25, 0.3) is 22.3 Å². The molecule has 4 aromatic rings. The van der Waals surface area contributed by atoms with Crippen LogP contribution in [-0.2, 0) is 19.8 Å². The Kier molecular flexibility index (Phi) is 7.11. The molecule has 38 heavy (non-hydrogen) atoms. The molecule has 0 amide bonds. The minimum Gasteiger partial charge on any atom is -0.493 e. The Morgan fingerprint density at radius 2 is 1.76 bits per heavy atom. The van der Waals surface area contributed by atoms with Gasteiger partial charge in [0.1, 0.15) is 0 Å². The predicted octanol–water partition coefficient (Wildman–Crippen LogP) is 4.06. The highest BCUT2D eigenvalue weighted by atomic mass is 19.4. The summed E-state index contributed by atoms with van der Waals surface area (Å²) >= 11 is 0. The van der Waals surface area contributed by atoms with Crippen molar-refractivity contribution in [1.29, 1.82) is 0 Å². The molecule has 1 aromatic carbocycles. The first-order valence-electron chi connectivity index (χ1n) is 12.2. The molecule has 0 bridgehead atoms. The van der Waals surface area contributed by atoms with Gasteiger partial charge in [0.25, 0.3) is 0 Å². The highest BCUT2D eigenvalue weighted by Crippen LogP contribution is 2.34. The summed E-state index contributed by atoms with van der Waals surface area (Å²) < 4.78 is 55.3. The molecule has 0 radical (unpaired) electrons. The highest BCUT2D eigenvalue weighted by molar-refractivity contribution is 5.87. The van der Waals surface area contributed by atoms with Crippen molar-refractivity contribution in [3.8, 4) is 22.9 Å². The number of ether oxygens (including phenoxy) is 2. The van der Waals surface area contributed by atoms with Crippen molar-refractivity contribution < 1.29 is 27.2 Å². The predicted molar refractivity (Wildman–Crippen MR) is 133 cm³/mol. The van der Waals surface area contributed by atoms with E-state index in [9.17, 15) is 13.2 Å². The Labute approximate surface area is 216 Å². The fourth-order valence-electron chi connectivity index (χ4n) is 4.73. The maximum atomic E-state index is 12.7. The van der Waals surface area contributed by atoms with Crippen molar-refractivity contribution >= 4 is 16.9 Å². The quantitative estimate of drug-likeness (QED) is 0.361. The van der Waals surface area contributed by atoms with E-state index in [0.717, 1.165) is 49.9 Å². The lowest BCUT2D eigenvalue weighted by atomic mass is 9.97. The van der Waals surface area contributed by atoms with Gasteiger partial charge >= 0.3 is 12.1 Å². The standard InChI is InChI=1S/C25H28F3N7O3/c1-34-14-17(18-8-20(36-2)21(37-3)9-19(18)34)11-29-10-15-4-6-35(7-5-15)24-30-12-16(13-31-24)22-32-23(38-33-22)25(26,27)28/h8-9,12-15,29H,4-7,10-11H2,1-3H3. The van der Waals surface area contributed by atoms with Gasteiger partial charge in [0.2, 0.25) is 11.8 Å². The van der Waals surface area contributed by atoms with Gasteiger partial charge < -0.3 is 28.8 Å². The van der Waals surface area contributed by atoms with Crippen molar-refractivity contribution in [1.82, 2.24) is 30.0 Å². The average Bonchev–Trinajstić information content (AvgIpc) is 3.54. The van der Waals surface area contributed by atoms with Crippen LogP contribution in [0.5, 0.6) is 11.5 Å². The molecule has 1 N–H and O–H groups in total. The van der Waals surface area contributed by atoms with E-state index in [0.29, 0.717) is 23.4 Å². The van der Waals surface area contributed by atoms with Gasteiger partial charge in [-0.3, -0.25) is 0 Å². The second-order valence-electron chi connectivity index (χ2n) is 9.24. The van der Waals surface area contributed by atoms with E-state index >= 15 is 0 Å². The minimum absolute atomic E-state index is 0.197. The third-order valence-corrected chi connectivity index (χ3v) is 6.79. The first kappa shape index (κ1) is 25.8. The number of alkyl halides is 3. The van der Waals surface area contributed by atoms with E-state index < -0.39 is 12.1 Å². The number of rotatable bonds is 8. The SMILES string of the molecule is COc1cc2c(CNCC3CCN(c4ncc(-c5noc(C(F)(F)F)n5)cn4)CC3)cn(C)c2cc1OC. The molecule has 202 valence electrons. The van der Waals surface area contributed by atoms with Crippen molar-refractivity contribution in [2.75, 3.05) is 38.8 Å². The molecular formula is C25H28F3N7O3. The number of benzene rings is 1. The summed E-state index contributed by atoms with van der Waals surface area (Å²) in [6.07, 6.45) is 2.20. The van der Waals surface area contributed by atoms with Crippen LogP contribution in [0.3, 0.4) is 0 Å². The number of nitrogens with one attached hydrogen (secondary N) is 1.